The van der Waals surface area contributed by atoms with Gasteiger partial charge in [0.2, 0.25) is 0 Å². The number of nitrogen functional groups attached to an aromatic ring is 1. The van der Waals surface area contributed by atoms with Gasteiger partial charge < -0.3 is 10.5 Å². The number of fused-ring (bicyclic) bond motifs is 3. The molecule has 0 bridgehead atoms. The zero-order chi connectivity index (χ0) is 16.7. The van der Waals surface area contributed by atoms with Crippen molar-refractivity contribution in [1.29, 1.82) is 5.26 Å². The maximum atomic E-state index is 9.59. The molecule has 5 nitrogen and oxygen atoms in total. The maximum absolute atomic E-state index is 9.59. The lowest BCUT2D eigenvalue weighted by Gasteiger charge is -2.12. The van der Waals surface area contributed by atoms with E-state index in [2.05, 4.69) is 16.0 Å². The van der Waals surface area contributed by atoms with E-state index in [1.165, 1.54) is 0 Å². The van der Waals surface area contributed by atoms with Gasteiger partial charge in [-0.05, 0) is 47.0 Å². The van der Waals surface area contributed by atoms with Crippen LogP contribution in [0.4, 0.5) is 5.82 Å². The second kappa shape index (κ2) is 5.36. The van der Waals surface area contributed by atoms with Crippen molar-refractivity contribution in [3.05, 3.63) is 59.4 Å². The molecule has 1 aromatic carbocycles. The Morgan fingerprint density at radius 3 is 2.71 bits per heavy atom. The Morgan fingerprint density at radius 2 is 2.00 bits per heavy atom. The van der Waals surface area contributed by atoms with E-state index in [-0.39, 0.29) is 5.82 Å². The Morgan fingerprint density at radius 1 is 1.21 bits per heavy atom. The third-order valence-corrected chi connectivity index (χ3v) is 4.34. The summed E-state index contributed by atoms with van der Waals surface area (Å²) in [6.07, 6.45) is 4.12. The molecule has 0 aliphatic heterocycles. The number of hydrogen-bond acceptors (Lipinski definition) is 5. The third kappa shape index (κ3) is 2.01. The monoisotopic (exact) mass is 314 g/mol. The van der Waals surface area contributed by atoms with Crippen LogP contribution in [0.25, 0.3) is 22.4 Å². The van der Waals surface area contributed by atoms with Gasteiger partial charge >= 0.3 is 0 Å². The van der Waals surface area contributed by atoms with Gasteiger partial charge in [0, 0.05) is 29.9 Å². The van der Waals surface area contributed by atoms with Gasteiger partial charge in [0.1, 0.15) is 23.2 Å². The Balaban J connectivity index is 2.01. The molecule has 0 radical (unpaired) electrons. The SMILES string of the molecule is COc1ccc2c(c1)Cc1c-2nc(N)c(C#N)c1-c1ccncc1. The molecular weight excluding hydrogens is 300 g/mol. The first-order valence-corrected chi connectivity index (χ1v) is 7.53. The van der Waals surface area contributed by atoms with E-state index < -0.39 is 0 Å². The highest BCUT2D eigenvalue weighted by atomic mass is 16.5. The summed E-state index contributed by atoms with van der Waals surface area (Å²) in [6.45, 7) is 0. The Labute approximate surface area is 139 Å². The zero-order valence-corrected chi connectivity index (χ0v) is 13.1. The van der Waals surface area contributed by atoms with Crippen LogP contribution in [0.1, 0.15) is 16.7 Å². The van der Waals surface area contributed by atoms with Crippen molar-refractivity contribution >= 4 is 5.82 Å². The van der Waals surface area contributed by atoms with Gasteiger partial charge in [-0.15, -0.1) is 0 Å². The number of rotatable bonds is 2. The van der Waals surface area contributed by atoms with Crippen LogP contribution in [0.15, 0.2) is 42.7 Å². The van der Waals surface area contributed by atoms with Gasteiger partial charge in [-0.1, -0.05) is 0 Å². The lowest BCUT2D eigenvalue weighted by Crippen LogP contribution is -2.02. The van der Waals surface area contributed by atoms with Crippen LogP contribution in [-0.2, 0) is 6.42 Å². The molecular formula is C19H14N4O. The lowest BCUT2D eigenvalue weighted by molar-refractivity contribution is 0.414. The van der Waals surface area contributed by atoms with E-state index in [9.17, 15) is 5.26 Å². The van der Waals surface area contributed by atoms with Crippen LogP contribution in [0, 0.1) is 11.3 Å². The molecule has 4 rings (SSSR count). The van der Waals surface area contributed by atoms with E-state index in [4.69, 9.17) is 10.5 Å². The quantitative estimate of drug-likeness (QED) is 0.614. The average Bonchev–Trinajstić information content (AvgIpc) is 2.98. The molecule has 0 unspecified atom stereocenters. The maximum Gasteiger partial charge on any atom is 0.142 e. The first-order valence-electron chi connectivity index (χ1n) is 7.53. The largest absolute Gasteiger partial charge is 0.497 e. The van der Waals surface area contributed by atoms with Gasteiger partial charge in [0.15, 0.2) is 0 Å². The fraction of sp³-hybridized carbons (Fsp3) is 0.105. The summed E-state index contributed by atoms with van der Waals surface area (Å²) in [5, 5.41) is 9.59. The van der Waals surface area contributed by atoms with Gasteiger partial charge in [-0.2, -0.15) is 5.26 Å². The number of nitrogens with zero attached hydrogens (tertiary/aromatic N) is 3. The Bertz CT molecular complexity index is 990. The predicted molar refractivity (Wildman–Crippen MR) is 91.4 cm³/mol. The summed E-state index contributed by atoms with van der Waals surface area (Å²) in [5.41, 5.74) is 12.3. The number of hydrogen-bond donors (Lipinski definition) is 1. The van der Waals surface area contributed by atoms with Crippen molar-refractivity contribution in [2.75, 3.05) is 12.8 Å². The minimum absolute atomic E-state index is 0.256. The molecule has 2 heterocycles. The number of benzene rings is 1. The highest BCUT2D eigenvalue weighted by Crippen LogP contribution is 2.44. The minimum Gasteiger partial charge on any atom is -0.497 e. The Hall–Kier alpha value is -3.39. The molecule has 3 aromatic rings. The summed E-state index contributed by atoms with van der Waals surface area (Å²) >= 11 is 0. The summed E-state index contributed by atoms with van der Waals surface area (Å²) in [6, 6.07) is 11.9. The molecule has 0 amide bonds. The highest BCUT2D eigenvalue weighted by molar-refractivity contribution is 5.88. The summed E-state index contributed by atoms with van der Waals surface area (Å²) in [5.74, 6) is 1.06. The zero-order valence-electron chi connectivity index (χ0n) is 13.1. The van der Waals surface area contributed by atoms with E-state index >= 15 is 0 Å². The average molecular weight is 314 g/mol. The van der Waals surface area contributed by atoms with Crippen molar-refractivity contribution in [2.24, 2.45) is 0 Å². The minimum atomic E-state index is 0.256. The van der Waals surface area contributed by atoms with E-state index in [1.54, 1.807) is 19.5 Å². The summed E-state index contributed by atoms with van der Waals surface area (Å²) in [7, 11) is 1.65. The normalized spacial score (nSPS) is 11.5. The molecule has 0 spiro atoms. The van der Waals surface area contributed by atoms with Crippen LogP contribution in [0.5, 0.6) is 5.75 Å². The van der Waals surface area contributed by atoms with Crippen molar-refractivity contribution < 1.29 is 4.74 Å². The summed E-state index contributed by atoms with van der Waals surface area (Å²) < 4.78 is 5.32. The number of nitrogens with two attached hydrogens (primary N) is 1. The fourth-order valence-corrected chi connectivity index (χ4v) is 3.25. The van der Waals surface area contributed by atoms with E-state index in [0.29, 0.717) is 12.0 Å². The van der Waals surface area contributed by atoms with Crippen molar-refractivity contribution in [2.45, 2.75) is 6.42 Å². The number of pyridine rings is 2. The highest BCUT2D eigenvalue weighted by Gasteiger charge is 2.27. The van der Waals surface area contributed by atoms with E-state index in [0.717, 1.165) is 39.3 Å². The second-order valence-electron chi connectivity index (χ2n) is 5.62. The van der Waals surface area contributed by atoms with Crippen molar-refractivity contribution in [1.82, 2.24) is 9.97 Å². The second-order valence-corrected chi connectivity index (χ2v) is 5.62. The van der Waals surface area contributed by atoms with Gasteiger partial charge in [-0.3, -0.25) is 4.98 Å². The molecule has 0 fully saturated rings. The molecule has 0 atom stereocenters. The number of anilines is 1. The molecule has 0 saturated heterocycles. The standard InChI is InChI=1S/C19H14N4O/c1-24-13-2-3-14-12(8-13)9-15-17(11-4-6-22-7-5-11)16(10-20)19(21)23-18(14)15/h2-8H,9H2,1H3,(H2,21,23). The molecule has 2 aromatic heterocycles. The molecule has 1 aliphatic rings. The van der Waals surface area contributed by atoms with Crippen molar-refractivity contribution in [3.8, 4) is 34.2 Å². The first kappa shape index (κ1) is 14.2. The van der Waals surface area contributed by atoms with Crippen LogP contribution < -0.4 is 10.5 Å². The molecule has 2 N–H and O–H groups in total. The van der Waals surface area contributed by atoms with Crippen LogP contribution >= 0.6 is 0 Å². The predicted octanol–water partition coefficient (Wildman–Crippen LogP) is 3.18. The third-order valence-electron chi connectivity index (χ3n) is 4.34. The molecule has 5 heteroatoms. The molecule has 1 aliphatic carbocycles. The van der Waals surface area contributed by atoms with Gasteiger partial charge in [0.25, 0.3) is 0 Å². The van der Waals surface area contributed by atoms with Gasteiger partial charge in [0.05, 0.1) is 12.8 Å². The molecule has 116 valence electrons. The number of ether oxygens (including phenoxy) is 1. The lowest BCUT2D eigenvalue weighted by atomic mass is 9.95. The first-order chi connectivity index (χ1) is 11.7. The number of nitriles is 1. The van der Waals surface area contributed by atoms with E-state index in [1.807, 2.05) is 30.3 Å². The topological polar surface area (TPSA) is 84.8 Å². The number of aromatic nitrogens is 2. The van der Waals surface area contributed by atoms with Crippen molar-refractivity contribution in [3.63, 3.8) is 0 Å². The summed E-state index contributed by atoms with van der Waals surface area (Å²) in [4.78, 5) is 8.56. The van der Waals surface area contributed by atoms with Crippen LogP contribution in [-0.4, -0.2) is 17.1 Å². The Kier molecular flexibility index (Phi) is 3.17. The number of methoxy groups -OCH3 is 1. The molecule has 0 saturated carbocycles. The van der Waals surface area contributed by atoms with Crippen LogP contribution in [0.3, 0.4) is 0 Å². The smallest absolute Gasteiger partial charge is 0.142 e. The van der Waals surface area contributed by atoms with Gasteiger partial charge in [-0.25, -0.2) is 4.98 Å². The molecule has 24 heavy (non-hydrogen) atoms. The van der Waals surface area contributed by atoms with Crippen LogP contribution in [0.2, 0.25) is 0 Å². The fourth-order valence-electron chi connectivity index (χ4n) is 3.25.